The van der Waals surface area contributed by atoms with Gasteiger partial charge in [0.25, 0.3) is 5.91 Å². The molecule has 0 radical (unpaired) electrons. The van der Waals surface area contributed by atoms with Crippen LogP contribution in [0.2, 0.25) is 0 Å². The first-order chi connectivity index (χ1) is 13.1. The van der Waals surface area contributed by atoms with Crippen molar-refractivity contribution in [2.75, 3.05) is 7.11 Å². The summed E-state index contributed by atoms with van der Waals surface area (Å²) in [5.74, 6) is 1.48. The molecule has 3 rings (SSSR count). The first-order valence-electron chi connectivity index (χ1n) is 9.83. The lowest BCUT2D eigenvalue weighted by atomic mass is 9.92. The normalized spacial score (nSPS) is 15.4. The number of hydrogen-bond donors (Lipinski definition) is 1. The zero-order chi connectivity index (χ0) is 19.2. The topological polar surface area (TPSA) is 47.6 Å². The number of carbonyl (C=O) groups is 1. The van der Waals surface area contributed by atoms with Crippen LogP contribution in [-0.4, -0.2) is 19.1 Å². The Morgan fingerprint density at radius 1 is 1.04 bits per heavy atom. The van der Waals surface area contributed by atoms with Crippen LogP contribution in [0.5, 0.6) is 11.5 Å². The second kappa shape index (κ2) is 8.94. The molecule has 1 amide bonds. The molecule has 0 aliphatic heterocycles. The highest BCUT2D eigenvalue weighted by Gasteiger charge is 2.20. The molecule has 0 fully saturated rings. The minimum Gasteiger partial charge on any atom is -0.497 e. The Labute approximate surface area is 161 Å². The zero-order valence-corrected chi connectivity index (χ0v) is 16.5. The highest BCUT2D eigenvalue weighted by atomic mass is 16.5. The van der Waals surface area contributed by atoms with Crippen LogP contribution in [0.4, 0.5) is 0 Å². The largest absolute Gasteiger partial charge is 0.497 e. The van der Waals surface area contributed by atoms with Gasteiger partial charge in [-0.1, -0.05) is 25.1 Å². The van der Waals surface area contributed by atoms with Gasteiger partial charge in [-0.3, -0.25) is 4.79 Å². The van der Waals surface area contributed by atoms with E-state index in [0.29, 0.717) is 0 Å². The molecule has 0 saturated carbocycles. The van der Waals surface area contributed by atoms with Gasteiger partial charge in [0.1, 0.15) is 11.5 Å². The molecule has 1 N–H and O–H groups in total. The Bertz CT molecular complexity index is 770. The fraction of sp³-hybridized carbons (Fsp3) is 0.435. The van der Waals surface area contributed by atoms with E-state index in [0.717, 1.165) is 36.3 Å². The first kappa shape index (κ1) is 19.3. The summed E-state index contributed by atoms with van der Waals surface area (Å²) in [6.07, 6.45) is 5.00. The highest BCUT2D eigenvalue weighted by Crippen LogP contribution is 2.26. The monoisotopic (exact) mass is 367 g/mol. The summed E-state index contributed by atoms with van der Waals surface area (Å²) in [7, 11) is 1.65. The summed E-state index contributed by atoms with van der Waals surface area (Å²) in [5, 5.41) is 3.10. The van der Waals surface area contributed by atoms with Crippen LogP contribution >= 0.6 is 0 Å². The molecule has 1 aliphatic carbocycles. The third kappa shape index (κ3) is 4.82. The average molecular weight is 367 g/mol. The molecule has 4 nitrogen and oxygen atoms in total. The smallest absolute Gasteiger partial charge is 0.261 e. The predicted octanol–water partition coefficient (Wildman–Crippen LogP) is 4.61. The molecular weight excluding hydrogens is 338 g/mol. The van der Waals surface area contributed by atoms with Crippen LogP contribution in [0.1, 0.15) is 55.8 Å². The van der Waals surface area contributed by atoms with E-state index in [1.54, 1.807) is 14.0 Å². The maximum Gasteiger partial charge on any atom is 0.261 e. The summed E-state index contributed by atoms with van der Waals surface area (Å²) in [6, 6.07) is 14.0. The summed E-state index contributed by atoms with van der Waals surface area (Å²) in [6.45, 7) is 3.86. The summed E-state index contributed by atoms with van der Waals surface area (Å²) in [5.41, 5.74) is 3.83. The van der Waals surface area contributed by atoms with Crippen LogP contribution in [0.15, 0.2) is 42.5 Å². The minimum atomic E-state index is -0.543. The first-order valence-corrected chi connectivity index (χ1v) is 9.83. The molecule has 2 aromatic rings. The van der Waals surface area contributed by atoms with Crippen LogP contribution in [0, 0.1) is 0 Å². The lowest BCUT2D eigenvalue weighted by molar-refractivity contribution is -0.128. The number of ether oxygens (including phenoxy) is 2. The van der Waals surface area contributed by atoms with E-state index in [9.17, 15) is 4.79 Å². The Kier molecular flexibility index (Phi) is 6.38. The van der Waals surface area contributed by atoms with Crippen molar-refractivity contribution in [3.05, 3.63) is 59.2 Å². The van der Waals surface area contributed by atoms with Gasteiger partial charge in [0.2, 0.25) is 0 Å². The standard InChI is InChI=1S/C23H29NO3/c1-4-22(18-10-12-20(26-3)13-11-18)24-23(25)16(2)27-21-14-9-17-7-5-6-8-19(17)15-21/h9-16,22H,4-8H2,1-3H3,(H,24,25). The summed E-state index contributed by atoms with van der Waals surface area (Å²) >= 11 is 0. The maximum atomic E-state index is 12.6. The molecule has 0 bridgehead atoms. The zero-order valence-electron chi connectivity index (χ0n) is 16.5. The second-order valence-electron chi connectivity index (χ2n) is 7.14. The highest BCUT2D eigenvalue weighted by molar-refractivity contribution is 5.81. The number of nitrogens with one attached hydrogen (secondary N) is 1. The van der Waals surface area contributed by atoms with Crippen LogP contribution in [0.25, 0.3) is 0 Å². The van der Waals surface area contributed by atoms with Gasteiger partial charge in [0.15, 0.2) is 6.10 Å². The quantitative estimate of drug-likeness (QED) is 0.777. The van der Waals surface area contributed by atoms with Crippen molar-refractivity contribution in [2.24, 2.45) is 0 Å². The lowest BCUT2D eigenvalue weighted by Gasteiger charge is -2.22. The Hall–Kier alpha value is -2.49. The van der Waals surface area contributed by atoms with Gasteiger partial charge in [-0.05, 0) is 80.0 Å². The molecule has 0 saturated heterocycles. The van der Waals surface area contributed by atoms with Crippen LogP contribution in [-0.2, 0) is 17.6 Å². The maximum absolute atomic E-state index is 12.6. The van der Waals surface area contributed by atoms with Crippen molar-refractivity contribution in [1.82, 2.24) is 5.32 Å². The summed E-state index contributed by atoms with van der Waals surface area (Å²) in [4.78, 5) is 12.6. The van der Waals surface area contributed by atoms with Crippen molar-refractivity contribution >= 4 is 5.91 Å². The van der Waals surface area contributed by atoms with E-state index in [2.05, 4.69) is 24.4 Å². The van der Waals surface area contributed by atoms with Gasteiger partial charge < -0.3 is 14.8 Å². The Balaban J connectivity index is 1.62. The van der Waals surface area contributed by atoms with Crippen molar-refractivity contribution in [2.45, 2.75) is 58.1 Å². The predicted molar refractivity (Wildman–Crippen MR) is 107 cm³/mol. The Morgan fingerprint density at radius 3 is 2.37 bits per heavy atom. The van der Waals surface area contributed by atoms with Gasteiger partial charge in [-0.25, -0.2) is 0 Å². The second-order valence-corrected chi connectivity index (χ2v) is 7.14. The Morgan fingerprint density at radius 2 is 1.70 bits per heavy atom. The van der Waals surface area contributed by atoms with E-state index in [1.165, 1.54) is 24.0 Å². The van der Waals surface area contributed by atoms with Crippen molar-refractivity contribution in [3.8, 4) is 11.5 Å². The van der Waals surface area contributed by atoms with Crippen molar-refractivity contribution < 1.29 is 14.3 Å². The van der Waals surface area contributed by atoms with Gasteiger partial charge in [0.05, 0.1) is 13.2 Å². The molecule has 27 heavy (non-hydrogen) atoms. The minimum absolute atomic E-state index is 0.0435. The lowest BCUT2D eigenvalue weighted by Crippen LogP contribution is -2.38. The molecule has 0 spiro atoms. The number of benzene rings is 2. The molecule has 0 heterocycles. The van der Waals surface area contributed by atoms with E-state index in [4.69, 9.17) is 9.47 Å². The van der Waals surface area contributed by atoms with E-state index in [-0.39, 0.29) is 11.9 Å². The van der Waals surface area contributed by atoms with Gasteiger partial charge in [-0.15, -0.1) is 0 Å². The molecule has 0 aromatic heterocycles. The van der Waals surface area contributed by atoms with E-state index >= 15 is 0 Å². The third-order valence-electron chi connectivity index (χ3n) is 5.24. The number of rotatable bonds is 7. The fourth-order valence-electron chi connectivity index (χ4n) is 3.59. The molecule has 4 heteroatoms. The van der Waals surface area contributed by atoms with Crippen LogP contribution < -0.4 is 14.8 Å². The number of aryl methyl sites for hydroxylation is 2. The molecule has 144 valence electrons. The van der Waals surface area contributed by atoms with Crippen molar-refractivity contribution in [1.29, 1.82) is 0 Å². The number of amides is 1. The third-order valence-corrected chi connectivity index (χ3v) is 5.24. The number of methoxy groups -OCH3 is 1. The molecule has 1 aliphatic rings. The van der Waals surface area contributed by atoms with E-state index in [1.807, 2.05) is 30.3 Å². The molecule has 2 aromatic carbocycles. The van der Waals surface area contributed by atoms with Gasteiger partial charge in [-0.2, -0.15) is 0 Å². The molecular formula is C23H29NO3. The number of carbonyl (C=O) groups excluding carboxylic acids is 1. The fourth-order valence-corrected chi connectivity index (χ4v) is 3.59. The van der Waals surface area contributed by atoms with Gasteiger partial charge in [0, 0.05) is 0 Å². The number of hydrogen-bond acceptors (Lipinski definition) is 3. The molecule has 2 atom stereocenters. The number of fused-ring (bicyclic) bond motifs is 1. The molecule has 2 unspecified atom stereocenters. The van der Waals surface area contributed by atoms with E-state index < -0.39 is 6.10 Å². The van der Waals surface area contributed by atoms with Crippen molar-refractivity contribution in [3.63, 3.8) is 0 Å². The van der Waals surface area contributed by atoms with Gasteiger partial charge >= 0.3 is 0 Å². The SMILES string of the molecule is CCC(NC(=O)C(C)Oc1ccc2c(c1)CCCC2)c1ccc(OC)cc1. The van der Waals surface area contributed by atoms with Crippen LogP contribution in [0.3, 0.4) is 0 Å². The average Bonchev–Trinajstić information content (AvgIpc) is 2.71. The summed E-state index contributed by atoms with van der Waals surface area (Å²) < 4.78 is 11.1.